The van der Waals surface area contributed by atoms with E-state index in [1.165, 1.54) is 0 Å². The summed E-state index contributed by atoms with van der Waals surface area (Å²) in [4.78, 5) is 12.1. The Labute approximate surface area is 127 Å². The van der Waals surface area contributed by atoms with E-state index in [-0.39, 0.29) is 18.0 Å². The molecule has 22 heavy (non-hydrogen) atoms. The average Bonchev–Trinajstić information content (AvgIpc) is 2.97. The van der Waals surface area contributed by atoms with Gasteiger partial charge in [-0.15, -0.1) is 0 Å². The smallest absolute Gasteiger partial charge is 0.348 e. The quantitative estimate of drug-likeness (QED) is 0.892. The van der Waals surface area contributed by atoms with Crippen molar-refractivity contribution in [3.05, 3.63) is 17.0 Å². The Morgan fingerprint density at radius 3 is 2.73 bits per heavy atom. The number of alkyl halides is 3. The van der Waals surface area contributed by atoms with E-state index >= 15 is 0 Å². The predicted octanol–water partition coefficient (Wildman–Crippen LogP) is 1.99. The highest BCUT2D eigenvalue weighted by molar-refractivity contribution is 5.82. The summed E-state index contributed by atoms with van der Waals surface area (Å²) in [6, 6.07) is -0.592. The first-order chi connectivity index (χ1) is 10.2. The Balaban J connectivity index is 2.12. The Kier molecular flexibility index (Phi) is 4.79. The van der Waals surface area contributed by atoms with E-state index in [2.05, 4.69) is 15.7 Å². The summed E-state index contributed by atoms with van der Waals surface area (Å²) in [5, 5.41) is 9.91. The van der Waals surface area contributed by atoms with Gasteiger partial charge in [-0.25, -0.2) is 0 Å². The Bertz CT molecular complexity index is 547. The summed E-state index contributed by atoms with van der Waals surface area (Å²) in [5.41, 5.74) is 1.59. The predicted molar refractivity (Wildman–Crippen MR) is 75.3 cm³/mol. The molecule has 0 saturated carbocycles. The molecule has 1 aromatic rings. The molecule has 2 N–H and O–H groups in total. The van der Waals surface area contributed by atoms with E-state index in [0.29, 0.717) is 17.0 Å². The van der Waals surface area contributed by atoms with Crippen LogP contribution in [-0.4, -0.2) is 34.5 Å². The van der Waals surface area contributed by atoms with Crippen molar-refractivity contribution in [2.24, 2.45) is 0 Å². The lowest BCUT2D eigenvalue weighted by Gasteiger charge is -2.18. The maximum Gasteiger partial charge on any atom is 0.408 e. The molecule has 1 aromatic heterocycles. The fourth-order valence-electron chi connectivity index (χ4n) is 2.96. The van der Waals surface area contributed by atoms with E-state index in [1.807, 2.05) is 0 Å². The van der Waals surface area contributed by atoms with Crippen molar-refractivity contribution in [3.63, 3.8) is 0 Å². The highest BCUT2D eigenvalue weighted by Crippen LogP contribution is 2.25. The molecule has 5 nitrogen and oxygen atoms in total. The molecule has 2 rings (SSSR count). The number of hydrogen-bond donors (Lipinski definition) is 2. The van der Waals surface area contributed by atoms with Crippen LogP contribution >= 0.6 is 0 Å². The van der Waals surface area contributed by atoms with Gasteiger partial charge in [0.1, 0.15) is 6.54 Å². The summed E-state index contributed by atoms with van der Waals surface area (Å²) in [7, 11) is 0. The zero-order valence-electron chi connectivity index (χ0n) is 12.9. The average molecular weight is 318 g/mol. The molecule has 1 fully saturated rings. The summed E-state index contributed by atoms with van der Waals surface area (Å²) in [5.74, 6) is -0.118. The van der Waals surface area contributed by atoms with Gasteiger partial charge < -0.3 is 10.6 Å². The van der Waals surface area contributed by atoms with Crippen molar-refractivity contribution >= 4 is 5.91 Å². The molecule has 124 valence electrons. The zero-order valence-corrected chi connectivity index (χ0v) is 12.9. The molecule has 0 aromatic carbocycles. The molecular formula is C14H21F3N4O. The highest BCUT2D eigenvalue weighted by atomic mass is 19.4. The molecule has 2 unspecified atom stereocenters. The zero-order chi connectivity index (χ0) is 16.5. The standard InChI is InChI=1S/C14H21F3N4O/c1-8(19-13(22)11-5-4-6-18-11)12-9(2)20-21(10(12)3)7-14(15,16)17/h8,11,18H,4-7H2,1-3H3,(H,19,22). The first-order valence-electron chi connectivity index (χ1n) is 7.33. The molecule has 0 radical (unpaired) electrons. The van der Waals surface area contributed by atoms with Crippen molar-refractivity contribution in [3.8, 4) is 0 Å². The van der Waals surface area contributed by atoms with Gasteiger partial charge in [0.25, 0.3) is 0 Å². The minimum absolute atomic E-state index is 0.118. The second kappa shape index (κ2) is 6.28. The van der Waals surface area contributed by atoms with E-state index in [1.54, 1.807) is 20.8 Å². The fraction of sp³-hybridized carbons (Fsp3) is 0.714. The number of amides is 1. The van der Waals surface area contributed by atoms with Crippen LogP contribution in [0.3, 0.4) is 0 Å². The molecule has 1 aliphatic rings. The minimum atomic E-state index is -4.32. The number of nitrogens with one attached hydrogen (secondary N) is 2. The molecule has 8 heteroatoms. The Hall–Kier alpha value is -1.57. The first kappa shape index (κ1) is 16.8. The molecule has 0 aliphatic carbocycles. The van der Waals surface area contributed by atoms with Crippen LogP contribution in [0.4, 0.5) is 13.2 Å². The van der Waals surface area contributed by atoms with Crippen molar-refractivity contribution in [2.45, 2.75) is 58.4 Å². The lowest BCUT2D eigenvalue weighted by molar-refractivity contribution is -0.143. The Morgan fingerprint density at radius 2 is 2.18 bits per heavy atom. The van der Waals surface area contributed by atoms with Crippen molar-refractivity contribution in [1.29, 1.82) is 0 Å². The first-order valence-corrected chi connectivity index (χ1v) is 7.33. The summed E-state index contributed by atoms with van der Waals surface area (Å²) in [6.45, 7) is 4.71. The maximum absolute atomic E-state index is 12.5. The molecule has 2 atom stereocenters. The van der Waals surface area contributed by atoms with Gasteiger partial charge in [0, 0.05) is 11.3 Å². The van der Waals surface area contributed by atoms with Gasteiger partial charge in [0.2, 0.25) is 5.91 Å². The van der Waals surface area contributed by atoms with Gasteiger partial charge in [0.15, 0.2) is 0 Å². The number of nitrogens with zero attached hydrogens (tertiary/aromatic N) is 2. The fourth-order valence-corrected chi connectivity index (χ4v) is 2.96. The van der Waals surface area contributed by atoms with E-state index in [0.717, 1.165) is 24.1 Å². The number of aryl methyl sites for hydroxylation is 1. The van der Waals surface area contributed by atoms with Gasteiger partial charge in [0.05, 0.1) is 17.8 Å². The van der Waals surface area contributed by atoms with Crippen LogP contribution in [0.15, 0.2) is 0 Å². The summed E-state index contributed by atoms with van der Waals surface area (Å²) in [6.07, 6.45) is -2.58. The summed E-state index contributed by atoms with van der Waals surface area (Å²) < 4.78 is 38.6. The molecular weight excluding hydrogens is 297 g/mol. The van der Waals surface area contributed by atoms with Crippen LogP contribution in [0, 0.1) is 13.8 Å². The number of carbonyl (C=O) groups excluding carboxylic acids is 1. The maximum atomic E-state index is 12.5. The molecule has 0 bridgehead atoms. The third-order valence-corrected chi connectivity index (χ3v) is 3.94. The second-order valence-electron chi connectivity index (χ2n) is 5.74. The highest BCUT2D eigenvalue weighted by Gasteiger charge is 2.31. The van der Waals surface area contributed by atoms with Gasteiger partial charge >= 0.3 is 6.18 Å². The van der Waals surface area contributed by atoms with E-state index in [9.17, 15) is 18.0 Å². The van der Waals surface area contributed by atoms with Gasteiger partial charge in [-0.1, -0.05) is 0 Å². The topological polar surface area (TPSA) is 59.0 Å². The Morgan fingerprint density at radius 1 is 1.50 bits per heavy atom. The number of halogens is 3. The third kappa shape index (κ3) is 3.79. The van der Waals surface area contributed by atoms with Crippen molar-refractivity contribution < 1.29 is 18.0 Å². The second-order valence-corrected chi connectivity index (χ2v) is 5.74. The third-order valence-electron chi connectivity index (χ3n) is 3.94. The normalized spacial score (nSPS) is 20.2. The van der Waals surface area contributed by atoms with Gasteiger partial charge in [-0.2, -0.15) is 18.3 Å². The summed E-state index contributed by atoms with van der Waals surface area (Å²) >= 11 is 0. The van der Waals surface area contributed by atoms with Gasteiger partial charge in [-0.05, 0) is 40.2 Å². The van der Waals surface area contributed by atoms with Crippen LogP contribution in [0.1, 0.15) is 42.8 Å². The number of rotatable bonds is 4. The lowest BCUT2D eigenvalue weighted by atomic mass is 10.1. The lowest BCUT2D eigenvalue weighted by Crippen LogP contribution is -2.41. The largest absolute Gasteiger partial charge is 0.408 e. The van der Waals surface area contributed by atoms with Crippen LogP contribution < -0.4 is 10.6 Å². The van der Waals surface area contributed by atoms with Crippen LogP contribution in [0.5, 0.6) is 0 Å². The number of carbonyl (C=O) groups is 1. The van der Waals surface area contributed by atoms with Crippen LogP contribution in [-0.2, 0) is 11.3 Å². The SMILES string of the molecule is Cc1nn(CC(F)(F)F)c(C)c1C(C)NC(=O)C1CCCN1. The molecule has 0 spiro atoms. The van der Waals surface area contributed by atoms with E-state index < -0.39 is 12.7 Å². The molecule has 1 saturated heterocycles. The molecule has 1 aliphatic heterocycles. The van der Waals surface area contributed by atoms with Gasteiger partial charge in [-0.3, -0.25) is 9.48 Å². The van der Waals surface area contributed by atoms with Crippen LogP contribution in [0.2, 0.25) is 0 Å². The van der Waals surface area contributed by atoms with E-state index in [4.69, 9.17) is 0 Å². The number of aromatic nitrogens is 2. The van der Waals surface area contributed by atoms with Crippen molar-refractivity contribution in [1.82, 2.24) is 20.4 Å². The number of hydrogen-bond acceptors (Lipinski definition) is 3. The molecule has 1 amide bonds. The minimum Gasteiger partial charge on any atom is -0.348 e. The molecule has 2 heterocycles. The van der Waals surface area contributed by atoms with Crippen molar-refractivity contribution in [2.75, 3.05) is 6.54 Å². The van der Waals surface area contributed by atoms with Crippen LogP contribution in [0.25, 0.3) is 0 Å². The monoisotopic (exact) mass is 318 g/mol.